The summed E-state index contributed by atoms with van der Waals surface area (Å²) in [6.07, 6.45) is 0. The van der Waals surface area contributed by atoms with Crippen LogP contribution in [0.2, 0.25) is 0 Å². The van der Waals surface area contributed by atoms with Gasteiger partial charge in [0.15, 0.2) is 5.69 Å². The second-order valence-corrected chi connectivity index (χ2v) is 7.15. The minimum atomic E-state index is -3.89. The number of nitrogens with one attached hydrogen (secondary N) is 2. The van der Waals surface area contributed by atoms with Crippen molar-refractivity contribution in [2.45, 2.75) is 12.7 Å². The molecule has 0 spiro atoms. The lowest BCUT2D eigenvalue weighted by Crippen LogP contribution is -2.30. The third kappa shape index (κ3) is 4.15. The van der Waals surface area contributed by atoms with Gasteiger partial charge in [0, 0.05) is 14.1 Å². The fourth-order valence-electron chi connectivity index (χ4n) is 2.15. The van der Waals surface area contributed by atoms with Crippen LogP contribution in [-0.4, -0.2) is 36.0 Å². The predicted octanol–water partition coefficient (Wildman–Crippen LogP) is 0.0958. The number of amides is 1. The molecule has 1 amide bonds. The molecular formula is C15H18N4O5S. The molecule has 0 fully saturated rings. The van der Waals surface area contributed by atoms with Crippen LogP contribution in [0, 0.1) is 6.92 Å². The summed E-state index contributed by atoms with van der Waals surface area (Å²) in [6.45, 7) is 1.84. The van der Waals surface area contributed by atoms with E-state index in [1.54, 1.807) is 18.2 Å². The maximum absolute atomic E-state index is 12.4. The SMILES string of the molecule is CNC(=O)c1nc(NS(=O)(=O)Cc2cccc(C)c2)n(C)c(=O)c1O. The molecule has 134 valence electrons. The third-order valence-electron chi connectivity index (χ3n) is 3.40. The van der Waals surface area contributed by atoms with Crippen molar-refractivity contribution in [3.8, 4) is 5.75 Å². The number of anilines is 1. The van der Waals surface area contributed by atoms with Gasteiger partial charge in [0.2, 0.25) is 21.7 Å². The molecule has 0 aliphatic heterocycles. The Morgan fingerprint density at radius 2 is 2.04 bits per heavy atom. The van der Waals surface area contributed by atoms with Crippen LogP contribution >= 0.6 is 0 Å². The molecule has 1 heterocycles. The zero-order chi connectivity index (χ0) is 18.8. The number of nitrogens with zero attached hydrogens (tertiary/aromatic N) is 2. The van der Waals surface area contributed by atoms with Gasteiger partial charge in [-0.1, -0.05) is 29.8 Å². The van der Waals surface area contributed by atoms with Gasteiger partial charge in [-0.05, 0) is 12.5 Å². The molecule has 2 rings (SSSR count). The molecule has 0 radical (unpaired) electrons. The molecule has 2 aromatic rings. The number of hydrogen-bond acceptors (Lipinski definition) is 6. The number of sulfonamides is 1. The molecule has 0 aliphatic carbocycles. The molecule has 0 atom stereocenters. The average Bonchev–Trinajstić information content (AvgIpc) is 2.54. The molecule has 0 saturated carbocycles. The Morgan fingerprint density at radius 3 is 2.64 bits per heavy atom. The lowest BCUT2D eigenvalue weighted by molar-refractivity contribution is 0.0954. The van der Waals surface area contributed by atoms with E-state index >= 15 is 0 Å². The Kier molecular flexibility index (Phi) is 5.12. The van der Waals surface area contributed by atoms with Crippen molar-refractivity contribution < 1.29 is 18.3 Å². The quantitative estimate of drug-likeness (QED) is 0.688. The van der Waals surface area contributed by atoms with E-state index in [0.29, 0.717) is 5.56 Å². The second-order valence-electron chi connectivity index (χ2n) is 5.43. The highest BCUT2D eigenvalue weighted by Gasteiger charge is 2.22. The second kappa shape index (κ2) is 6.93. The monoisotopic (exact) mass is 366 g/mol. The Morgan fingerprint density at radius 1 is 1.36 bits per heavy atom. The van der Waals surface area contributed by atoms with E-state index in [1.807, 2.05) is 13.0 Å². The molecule has 0 saturated heterocycles. The Labute approximate surface area is 144 Å². The van der Waals surface area contributed by atoms with Crippen molar-refractivity contribution in [1.29, 1.82) is 0 Å². The zero-order valence-electron chi connectivity index (χ0n) is 13.9. The van der Waals surface area contributed by atoms with E-state index in [1.165, 1.54) is 14.1 Å². The zero-order valence-corrected chi connectivity index (χ0v) is 14.7. The van der Waals surface area contributed by atoms with E-state index < -0.39 is 32.9 Å². The van der Waals surface area contributed by atoms with Crippen LogP contribution in [0.25, 0.3) is 0 Å². The van der Waals surface area contributed by atoms with Gasteiger partial charge in [-0.15, -0.1) is 0 Å². The van der Waals surface area contributed by atoms with Crippen molar-refractivity contribution in [3.05, 3.63) is 51.4 Å². The van der Waals surface area contributed by atoms with Gasteiger partial charge in [-0.25, -0.2) is 13.4 Å². The maximum Gasteiger partial charge on any atom is 0.297 e. The van der Waals surface area contributed by atoms with Crippen LogP contribution < -0.4 is 15.6 Å². The first kappa shape index (κ1) is 18.5. The minimum absolute atomic E-state index is 0.333. The largest absolute Gasteiger partial charge is 0.501 e. The van der Waals surface area contributed by atoms with Crippen LogP contribution in [0.3, 0.4) is 0 Å². The summed E-state index contributed by atoms with van der Waals surface area (Å²) in [5.41, 5.74) is -0.0340. The highest BCUT2D eigenvalue weighted by molar-refractivity contribution is 7.91. The molecule has 1 aromatic heterocycles. The molecular weight excluding hydrogens is 348 g/mol. The number of benzene rings is 1. The van der Waals surface area contributed by atoms with Crippen LogP contribution in [0.15, 0.2) is 29.1 Å². The number of carbonyl (C=O) groups is 1. The summed E-state index contributed by atoms with van der Waals surface area (Å²) in [5.74, 6) is -2.37. The molecule has 3 N–H and O–H groups in total. The smallest absolute Gasteiger partial charge is 0.297 e. The molecule has 0 unspecified atom stereocenters. The lowest BCUT2D eigenvalue weighted by Gasteiger charge is -2.13. The highest BCUT2D eigenvalue weighted by atomic mass is 32.2. The first-order valence-corrected chi connectivity index (χ1v) is 8.88. The number of rotatable bonds is 5. The van der Waals surface area contributed by atoms with E-state index in [9.17, 15) is 23.1 Å². The van der Waals surface area contributed by atoms with Gasteiger partial charge >= 0.3 is 0 Å². The van der Waals surface area contributed by atoms with E-state index in [-0.39, 0.29) is 11.7 Å². The maximum atomic E-state index is 12.4. The normalized spacial score (nSPS) is 11.2. The van der Waals surface area contributed by atoms with E-state index in [0.717, 1.165) is 10.1 Å². The molecule has 1 aromatic carbocycles. The molecule has 0 bridgehead atoms. The van der Waals surface area contributed by atoms with Crippen LogP contribution in [-0.2, 0) is 22.8 Å². The Hall–Kier alpha value is -2.88. The van der Waals surface area contributed by atoms with Crippen LogP contribution in [0.4, 0.5) is 5.95 Å². The topological polar surface area (TPSA) is 130 Å². The van der Waals surface area contributed by atoms with Crippen molar-refractivity contribution in [2.75, 3.05) is 11.8 Å². The van der Waals surface area contributed by atoms with Gasteiger partial charge in [0.1, 0.15) is 0 Å². The van der Waals surface area contributed by atoms with Crippen molar-refractivity contribution >= 4 is 21.9 Å². The average molecular weight is 366 g/mol. The van der Waals surface area contributed by atoms with Gasteiger partial charge in [-0.3, -0.25) is 18.9 Å². The van der Waals surface area contributed by atoms with Gasteiger partial charge in [0.05, 0.1) is 5.75 Å². The Balaban J connectivity index is 2.40. The molecule has 9 nitrogen and oxygen atoms in total. The first-order valence-electron chi connectivity index (χ1n) is 7.22. The van der Waals surface area contributed by atoms with E-state index in [2.05, 4.69) is 15.0 Å². The van der Waals surface area contributed by atoms with Crippen molar-refractivity contribution in [3.63, 3.8) is 0 Å². The van der Waals surface area contributed by atoms with Crippen molar-refractivity contribution in [2.24, 2.45) is 7.05 Å². The van der Waals surface area contributed by atoms with E-state index in [4.69, 9.17) is 0 Å². The highest BCUT2D eigenvalue weighted by Crippen LogP contribution is 2.15. The van der Waals surface area contributed by atoms with Gasteiger partial charge < -0.3 is 10.4 Å². The fraction of sp³-hybridized carbons (Fsp3) is 0.267. The number of hydrogen-bond donors (Lipinski definition) is 3. The fourth-order valence-corrected chi connectivity index (χ4v) is 3.31. The van der Waals surface area contributed by atoms with Crippen LogP contribution in [0.5, 0.6) is 5.75 Å². The number of aromatic hydroxyl groups is 1. The van der Waals surface area contributed by atoms with Gasteiger partial charge in [-0.2, -0.15) is 0 Å². The Bertz CT molecular complexity index is 982. The standard InChI is InChI=1S/C15H18N4O5S/c1-9-5-4-6-10(7-9)8-25(23,24)18-15-17-11(13(21)16-2)12(20)14(22)19(15)3/h4-7,20H,8H2,1-3H3,(H,16,21)(H,17,18). The number of aryl methyl sites for hydroxylation is 1. The number of carbonyl (C=O) groups excluding carboxylic acids is 1. The number of aromatic nitrogens is 2. The summed E-state index contributed by atoms with van der Waals surface area (Å²) in [6, 6.07) is 6.95. The third-order valence-corrected chi connectivity index (χ3v) is 4.60. The van der Waals surface area contributed by atoms with Crippen LogP contribution in [0.1, 0.15) is 21.6 Å². The van der Waals surface area contributed by atoms with Gasteiger partial charge in [0.25, 0.3) is 11.5 Å². The minimum Gasteiger partial charge on any atom is -0.501 e. The summed E-state index contributed by atoms with van der Waals surface area (Å²) in [5, 5.41) is 12.0. The summed E-state index contributed by atoms with van der Waals surface area (Å²) in [4.78, 5) is 27.4. The lowest BCUT2D eigenvalue weighted by atomic mass is 10.2. The summed E-state index contributed by atoms with van der Waals surface area (Å²) < 4.78 is 27.7. The first-order chi connectivity index (χ1) is 11.6. The summed E-state index contributed by atoms with van der Waals surface area (Å²) >= 11 is 0. The molecule has 10 heteroatoms. The van der Waals surface area contributed by atoms with Crippen molar-refractivity contribution in [1.82, 2.24) is 14.9 Å². The molecule has 0 aliphatic rings. The molecule has 25 heavy (non-hydrogen) atoms. The summed E-state index contributed by atoms with van der Waals surface area (Å²) in [7, 11) is -1.37. The predicted molar refractivity (Wildman–Crippen MR) is 92.0 cm³/mol.